The quantitative estimate of drug-likeness (QED) is 0.788. The maximum atomic E-state index is 12.2. The Morgan fingerprint density at radius 3 is 2.54 bits per heavy atom. The number of hydrogen-bond acceptors (Lipinski definition) is 3. The predicted molar refractivity (Wildman–Crippen MR) is 101 cm³/mol. The topological polar surface area (TPSA) is 50.4 Å². The van der Waals surface area contributed by atoms with Crippen LogP contribution in [0.1, 0.15) is 52.0 Å². The van der Waals surface area contributed by atoms with Crippen LogP contribution in [0.4, 0.5) is 0 Å². The summed E-state index contributed by atoms with van der Waals surface area (Å²) in [7, 11) is 0. The summed E-state index contributed by atoms with van der Waals surface area (Å²) in [5.41, 5.74) is 1.28. The number of aryl methyl sites for hydroxylation is 1. The van der Waals surface area contributed by atoms with Crippen molar-refractivity contribution >= 4 is 18.3 Å². The maximum Gasteiger partial charge on any atom is 0.237 e. The highest BCUT2D eigenvalue weighted by Crippen LogP contribution is 2.15. The van der Waals surface area contributed by atoms with Crippen molar-refractivity contribution in [3.05, 3.63) is 29.8 Å². The summed E-state index contributed by atoms with van der Waals surface area (Å²) >= 11 is 0. The summed E-state index contributed by atoms with van der Waals surface area (Å²) < 4.78 is 5.65. The van der Waals surface area contributed by atoms with Crippen LogP contribution in [0, 0.1) is 0 Å². The molecule has 4 nitrogen and oxygen atoms in total. The fourth-order valence-corrected chi connectivity index (χ4v) is 2.88. The lowest BCUT2D eigenvalue weighted by Gasteiger charge is -2.24. The molecule has 2 atom stereocenters. The Morgan fingerprint density at radius 2 is 1.96 bits per heavy atom. The van der Waals surface area contributed by atoms with E-state index in [9.17, 15) is 4.79 Å². The zero-order chi connectivity index (χ0) is 16.7. The number of benzene rings is 1. The van der Waals surface area contributed by atoms with Crippen molar-refractivity contribution in [2.75, 3.05) is 6.54 Å². The Kier molecular flexibility index (Phi) is 9.16. The van der Waals surface area contributed by atoms with Crippen molar-refractivity contribution in [3.8, 4) is 5.75 Å². The molecular weight excluding hydrogens is 324 g/mol. The van der Waals surface area contributed by atoms with E-state index in [1.807, 2.05) is 26.0 Å². The first-order valence-electron chi connectivity index (χ1n) is 8.84. The maximum absolute atomic E-state index is 12.2. The van der Waals surface area contributed by atoms with E-state index in [1.165, 1.54) is 12.0 Å². The Hall–Kier alpha value is -1.26. The lowest BCUT2D eigenvalue weighted by atomic mass is 10.0. The van der Waals surface area contributed by atoms with Gasteiger partial charge in [-0.2, -0.15) is 0 Å². The lowest BCUT2D eigenvalue weighted by Crippen LogP contribution is -2.49. The number of carbonyl (C=O) groups is 1. The van der Waals surface area contributed by atoms with Gasteiger partial charge >= 0.3 is 0 Å². The van der Waals surface area contributed by atoms with E-state index in [4.69, 9.17) is 4.74 Å². The molecule has 2 rings (SSSR count). The number of piperidine rings is 1. The normalized spacial score (nSPS) is 18.6. The number of ether oxygens (including phenoxy) is 1. The average molecular weight is 355 g/mol. The van der Waals surface area contributed by atoms with Gasteiger partial charge in [-0.25, -0.2) is 0 Å². The largest absolute Gasteiger partial charge is 0.491 e. The van der Waals surface area contributed by atoms with E-state index in [0.29, 0.717) is 0 Å². The highest BCUT2D eigenvalue weighted by Gasteiger charge is 2.21. The van der Waals surface area contributed by atoms with Gasteiger partial charge in [0, 0.05) is 6.04 Å². The lowest BCUT2D eigenvalue weighted by molar-refractivity contribution is -0.124. The van der Waals surface area contributed by atoms with E-state index in [0.717, 1.165) is 38.0 Å². The molecule has 24 heavy (non-hydrogen) atoms. The standard InChI is InChI=1S/C19H30N2O2.ClH/c1-14(2)23-17-11-9-16(10-12-17)8-7-15(3)21-19(22)18-6-4-5-13-20-18;/h9-12,14-15,18,20H,4-8,13H2,1-3H3,(H,21,22);1H. The zero-order valence-corrected chi connectivity index (χ0v) is 15.8. The number of nitrogens with one attached hydrogen (secondary N) is 2. The van der Waals surface area contributed by atoms with Gasteiger partial charge in [-0.3, -0.25) is 4.79 Å². The van der Waals surface area contributed by atoms with Crippen LogP contribution >= 0.6 is 12.4 Å². The van der Waals surface area contributed by atoms with Crippen molar-refractivity contribution in [3.63, 3.8) is 0 Å². The third kappa shape index (κ3) is 7.10. The SMILES string of the molecule is CC(CCc1ccc(OC(C)C)cc1)NC(=O)C1CCCCN1.Cl. The summed E-state index contributed by atoms with van der Waals surface area (Å²) in [6.45, 7) is 7.09. The number of rotatable bonds is 7. The molecule has 1 aromatic rings. The fourth-order valence-electron chi connectivity index (χ4n) is 2.88. The molecular formula is C19H31ClN2O2. The van der Waals surface area contributed by atoms with E-state index >= 15 is 0 Å². The van der Waals surface area contributed by atoms with Gasteiger partial charge in [0.2, 0.25) is 5.91 Å². The summed E-state index contributed by atoms with van der Waals surface area (Å²) in [5.74, 6) is 1.06. The molecule has 0 radical (unpaired) electrons. The van der Waals surface area contributed by atoms with Crippen LogP contribution < -0.4 is 15.4 Å². The third-order valence-electron chi connectivity index (χ3n) is 4.18. The monoisotopic (exact) mass is 354 g/mol. The average Bonchev–Trinajstić information content (AvgIpc) is 2.54. The Labute approximate surface area is 152 Å². The molecule has 0 spiro atoms. The molecule has 2 unspecified atom stereocenters. The van der Waals surface area contributed by atoms with Gasteiger partial charge in [0.05, 0.1) is 12.1 Å². The van der Waals surface area contributed by atoms with Gasteiger partial charge in [-0.1, -0.05) is 18.6 Å². The molecule has 5 heteroatoms. The Morgan fingerprint density at radius 1 is 1.25 bits per heavy atom. The van der Waals surface area contributed by atoms with Gasteiger partial charge < -0.3 is 15.4 Å². The molecule has 136 valence electrons. The summed E-state index contributed by atoms with van der Waals surface area (Å²) in [5, 5.41) is 6.42. The van der Waals surface area contributed by atoms with Crippen LogP contribution in [-0.2, 0) is 11.2 Å². The van der Waals surface area contributed by atoms with E-state index in [2.05, 4.69) is 29.7 Å². The molecule has 0 saturated carbocycles. The van der Waals surface area contributed by atoms with Gasteiger partial charge in [0.15, 0.2) is 0 Å². The first-order valence-corrected chi connectivity index (χ1v) is 8.84. The fraction of sp³-hybridized carbons (Fsp3) is 0.632. The second-order valence-corrected chi connectivity index (χ2v) is 6.76. The zero-order valence-electron chi connectivity index (χ0n) is 15.0. The minimum Gasteiger partial charge on any atom is -0.491 e. The second-order valence-electron chi connectivity index (χ2n) is 6.76. The minimum absolute atomic E-state index is 0. The van der Waals surface area contributed by atoms with Crippen LogP contribution in [0.3, 0.4) is 0 Å². The molecule has 2 N–H and O–H groups in total. The third-order valence-corrected chi connectivity index (χ3v) is 4.18. The molecule has 0 aromatic heterocycles. The molecule has 1 aliphatic heterocycles. The second kappa shape index (κ2) is 10.6. The Balaban J connectivity index is 0.00000288. The van der Waals surface area contributed by atoms with Crippen LogP contribution in [-0.4, -0.2) is 30.6 Å². The van der Waals surface area contributed by atoms with Crippen molar-refractivity contribution in [2.24, 2.45) is 0 Å². The summed E-state index contributed by atoms with van der Waals surface area (Å²) in [6.07, 6.45) is 5.38. The first-order chi connectivity index (χ1) is 11.0. The molecule has 0 bridgehead atoms. The smallest absolute Gasteiger partial charge is 0.237 e. The van der Waals surface area contributed by atoms with E-state index in [-0.39, 0.29) is 36.5 Å². The number of amides is 1. The van der Waals surface area contributed by atoms with Crippen LogP contribution in [0.25, 0.3) is 0 Å². The molecule has 1 fully saturated rings. The van der Waals surface area contributed by atoms with Crippen molar-refractivity contribution in [1.82, 2.24) is 10.6 Å². The van der Waals surface area contributed by atoms with E-state index < -0.39 is 0 Å². The first kappa shape index (κ1) is 20.8. The van der Waals surface area contributed by atoms with Gasteiger partial charge in [0.25, 0.3) is 0 Å². The highest BCUT2D eigenvalue weighted by atomic mass is 35.5. The van der Waals surface area contributed by atoms with E-state index in [1.54, 1.807) is 0 Å². The van der Waals surface area contributed by atoms with Crippen LogP contribution in [0.2, 0.25) is 0 Å². The highest BCUT2D eigenvalue weighted by molar-refractivity contribution is 5.85. The number of carbonyl (C=O) groups excluding carboxylic acids is 1. The molecule has 1 aliphatic rings. The summed E-state index contributed by atoms with van der Waals surface area (Å²) in [4.78, 5) is 12.2. The van der Waals surface area contributed by atoms with Gasteiger partial charge in [0.1, 0.15) is 5.75 Å². The molecule has 0 aliphatic carbocycles. The molecule has 1 heterocycles. The molecule has 1 aromatic carbocycles. The number of hydrogen-bond donors (Lipinski definition) is 2. The molecule has 1 amide bonds. The van der Waals surface area contributed by atoms with Crippen molar-refractivity contribution in [1.29, 1.82) is 0 Å². The van der Waals surface area contributed by atoms with Crippen molar-refractivity contribution < 1.29 is 9.53 Å². The Bertz CT molecular complexity index is 485. The van der Waals surface area contributed by atoms with Crippen LogP contribution in [0.5, 0.6) is 5.75 Å². The van der Waals surface area contributed by atoms with Crippen molar-refractivity contribution in [2.45, 2.75) is 71.1 Å². The summed E-state index contributed by atoms with van der Waals surface area (Å²) in [6, 6.07) is 8.44. The van der Waals surface area contributed by atoms with Crippen LogP contribution in [0.15, 0.2) is 24.3 Å². The molecule has 1 saturated heterocycles. The number of halogens is 1. The minimum atomic E-state index is -0.00124. The van der Waals surface area contributed by atoms with Gasteiger partial charge in [-0.15, -0.1) is 12.4 Å². The predicted octanol–water partition coefficient (Wildman–Crippen LogP) is 3.48. The van der Waals surface area contributed by atoms with Gasteiger partial charge in [-0.05, 0) is 70.7 Å².